The molecule has 0 saturated carbocycles. The number of aryl methyl sites for hydroxylation is 2. The van der Waals surface area contributed by atoms with Crippen molar-refractivity contribution >= 4 is 11.6 Å². The van der Waals surface area contributed by atoms with Crippen LogP contribution in [-0.2, 0) is 0 Å². The summed E-state index contributed by atoms with van der Waals surface area (Å²) in [5, 5.41) is 3.04. The molecule has 0 aromatic heterocycles. The Morgan fingerprint density at radius 2 is 1.70 bits per heavy atom. The number of piperazine rings is 1. The van der Waals surface area contributed by atoms with E-state index in [1.165, 1.54) is 11.3 Å². The van der Waals surface area contributed by atoms with Gasteiger partial charge in [-0.25, -0.2) is 0 Å². The van der Waals surface area contributed by atoms with E-state index in [0.29, 0.717) is 6.54 Å². The number of amides is 1. The number of nitrogens with one attached hydrogen (secondary N) is 1. The maximum absolute atomic E-state index is 12.3. The highest BCUT2D eigenvalue weighted by Crippen LogP contribution is 2.20. The van der Waals surface area contributed by atoms with Gasteiger partial charge in [0.1, 0.15) is 5.75 Å². The first-order valence-electron chi connectivity index (χ1n) is 9.53. The Balaban J connectivity index is 1.41. The van der Waals surface area contributed by atoms with Gasteiger partial charge in [0.15, 0.2) is 0 Å². The minimum atomic E-state index is 0.00923. The molecule has 27 heavy (non-hydrogen) atoms. The molecule has 1 amide bonds. The van der Waals surface area contributed by atoms with Gasteiger partial charge in [0, 0.05) is 50.5 Å². The van der Waals surface area contributed by atoms with Crippen LogP contribution in [0.5, 0.6) is 5.75 Å². The van der Waals surface area contributed by atoms with E-state index >= 15 is 0 Å². The number of anilines is 1. The lowest BCUT2D eigenvalue weighted by molar-refractivity contribution is 0.0947. The average Bonchev–Trinajstić information content (AvgIpc) is 2.70. The van der Waals surface area contributed by atoms with Crippen LogP contribution < -0.4 is 15.0 Å². The molecular weight excluding hydrogens is 338 g/mol. The molecule has 5 heteroatoms. The molecule has 5 nitrogen and oxygen atoms in total. The van der Waals surface area contributed by atoms with Gasteiger partial charge in [-0.3, -0.25) is 9.69 Å². The summed E-state index contributed by atoms with van der Waals surface area (Å²) in [6.45, 7) is 9.66. The molecular formula is C22H29N3O2. The second kappa shape index (κ2) is 8.91. The summed E-state index contributed by atoms with van der Waals surface area (Å²) in [6.07, 6.45) is 0. The standard InChI is InChI=1S/C22H29N3O2/c1-17-4-5-19(16-18(17)2)22(26)23-10-11-24-12-14-25(15-13-24)20-6-8-21(27-3)9-7-20/h4-9,16H,10-15H2,1-3H3,(H,23,26). The lowest BCUT2D eigenvalue weighted by Gasteiger charge is -2.36. The molecule has 0 atom stereocenters. The third-order valence-electron chi connectivity index (χ3n) is 5.29. The molecule has 0 aliphatic carbocycles. The van der Waals surface area contributed by atoms with E-state index in [1.807, 2.05) is 37.3 Å². The van der Waals surface area contributed by atoms with E-state index in [2.05, 4.69) is 34.2 Å². The number of methoxy groups -OCH3 is 1. The lowest BCUT2D eigenvalue weighted by Crippen LogP contribution is -2.48. The maximum atomic E-state index is 12.3. The van der Waals surface area contributed by atoms with Gasteiger partial charge in [0.05, 0.1) is 7.11 Å². The molecule has 144 valence electrons. The normalized spacial score (nSPS) is 14.9. The number of ether oxygens (including phenoxy) is 1. The lowest BCUT2D eigenvalue weighted by atomic mass is 10.1. The number of hydrogen-bond donors (Lipinski definition) is 1. The van der Waals surface area contributed by atoms with Crippen LogP contribution >= 0.6 is 0 Å². The van der Waals surface area contributed by atoms with Crippen LogP contribution in [0.2, 0.25) is 0 Å². The second-order valence-corrected chi connectivity index (χ2v) is 7.08. The predicted octanol–water partition coefficient (Wildman–Crippen LogP) is 2.86. The van der Waals surface area contributed by atoms with Crippen molar-refractivity contribution < 1.29 is 9.53 Å². The van der Waals surface area contributed by atoms with Crippen molar-refractivity contribution in [1.82, 2.24) is 10.2 Å². The monoisotopic (exact) mass is 367 g/mol. The molecule has 2 aromatic carbocycles. The smallest absolute Gasteiger partial charge is 0.251 e. The molecule has 1 fully saturated rings. The first-order valence-corrected chi connectivity index (χ1v) is 9.53. The van der Waals surface area contributed by atoms with Crippen LogP contribution in [-0.4, -0.2) is 57.2 Å². The fourth-order valence-electron chi connectivity index (χ4n) is 3.33. The van der Waals surface area contributed by atoms with Crippen LogP contribution in [0.25, 0.3) is 0 Å². The molecule has 1 saturated heterocycles. The Morgan fingerprint density at radius 3 is 2.33 bits per heavy atom. The third kappa shape index (κ3) is 5.01. The van der Waals surface area contributed by atoms with E-state index in [4.69, 9.17) is 4.74 Å². The summed E-state index contributed by atoms with van der Waals surface area (Å²) in [5.41, 5.74) is 4.33. The molecule has 0 spiro atoms. The molecule has 0 bridgehead atoms. The Hall–Kier alpha value is -2.53. The van der Waals surface area contributed by atoms with Crippen LogP contribution in [0, 0.1) is 13.8 Å². The van der Waals surface area contributed by atoms with E-state index in [0.717, 1.165) is 49.6 Å². The summed E-state index contributed by atoms with van der Waals surface area (Å²) in [4.78, 5) is 17.1. The highest BCUT2D eigenvalue weighted by atomic mass is 16.5. The van der Waals surface area contributed by atoms with Crippen molar-refractivity contribution in [3.63, 3.8) is 0 Å². The minimum Gasteiger partial charge on any atom is -0.497 e. The Morgan fingerprint density at radius 1 is 1.00 bits per heavy atom. The zero-order valence-corrected chi connectivity index (χ0v) is 16.5. The number of hydrogen-bond acceptors (Lipinski definition) is 4. The van der Waals surface area contributed by atoms with Crippen molar-refractivity contribution in [1.29, 1.82) is 0 Å². The van der Waals surface area contributed by atoms with Crippen molar-refractivity contribution in [3.8, 4) is 5.75 Å². The van der Waals surface area contributed by atoms with E-state index in [9.17, 15) is 4.79 Å². The maximum Gasteiger partial charge on any atom is 0.251 e. The molecule has 0 radical (unpaired) electrons. The van der Waals surface area contributed by atoms with Crippen molar-refractivity contribution in [2.24, 2.45) is 0 Å². The van der Waals surface area contributed by atoms with E-state index in [-0.39, 0.29) is 5.91 Å². The first kappa shape index (κ1) is 19.2. The van der Waals surface area contributed by atoms with Gasteiger partial charge in [-0.1, -0.05) is 6.07 Å². The van der Waals surface area contributed by atoms with Crippen LogP contribution in [0.3, 0.4) is 0 Å². The minimum absolute atomic E-state index is 0.00923. The zero-order chi connectivity index (χ0) is 19.2. The molecule has 1 heterocycles. The Bertz CT molecular complexity index is 766. The van der Waals surface area contributed by atoms with E-state index in [1.54, 1.807) is 7.11 Å². The topological polar surface area (TPSA) is 44.8 Å². The fraction of sp³-hybridized carbons (Fsp3) is 0.409. The van der Waals surface area contributed by atoms with Gasteiger partial charge in [-0.2, -0.15) is 0 Å². The quantitative estimate of drug-likeness (QED) is 0.853. The van der Waals surface area contributed by atoms with Gasteiger partial charge in [-0.05, 0) is 61.4 Å². The summed E-state index contributed by atoms with van der Waals surface area (Å²) < 4.78 is 5.22. The zero-order valence-electron chi connectivity index (χ0n) is 16.5. The Kier molecular flexibility index (Phi) is 6.35. The summed E-state index contributed by atoms with van der Waals surface area (Å²) >= 11 is 0. The second-order valence-electron chi connectivity index (χ2n) is 7.08. The predicted molar refractivity (Wildman–Crippen MR) is 110 cm³/mol. The van der Waals surface area contributed by atoms with Crippen LogP contribution in [0.1, 0.15) is 21.5 Å². The molecule has 1 aliphatic rings. The van der Waals surface area contributed by atoms with Crippen LogP contribution in [0.15, 0.2) is 42.5 Å². The van der Waals surface area contributed by atoms with Crippen molar-refractivity contribution in [2.45, 2.75) is 13.8 Å². The first-order chi connectivity index (χ1) is 13.1. The fourth-order valence-corrected chi connectivity index (χ4v) is 3.33. The highest BCUT2D eigenvalue weighted by Gasteiger charge is 2.17. The summed E-state index contributed by atoms with van der Waals surface area (Å²) in [5.74, 6) is 0.895. The van der Waals surface area contributed by atoms with Gasteiger partial charge >= 0.3 is 0 Å². The van der Waals surface area contributed by atoms with Gasteiger partial charge in [-0.15, -0.1) is 0 Å². The van der Waals surface area contributed by atoms with E-state index < -0.39 is 0 Å². The average molecular weight is 367 g/mol. The molecule has 1 N–H and O–H groups in total. The number of carbonyl (C=O) groups excluding carboxylic acids is 1. The number of rotatable bonds is 6. The highest BCUT2D eigenvalue weighted by molar-refractivity contribution is 5.94. The molecule has 1 aliphatic heterocycles. The van der Waals surface area contributed by atoms with Gasteiger partial charge in [0.25, 0.3) is 5.91 Å². The van der Waals surface area contributed by atoms with Gasteiger partial charge < -0.3 is 15.0 Å². The number of benzene rings is 2. The SMILES string of the molecule is COc1ccc(N2CCN(CCNC(=O)c3ccc(C)c(C)c3)CC2)cc1. The third-order valence-corrected chi connectivity index (χ3v) is 5.29. The van der Waals surface area contributed by atoms with Crippen molar-refractivity contribution in [3.05, 3.63) is 59.2 Å². The summed E-state index contributed by atoms with van der Waals surface area (Å²) in [6, 6.07) is 14.1. The van der Waals surface area contributed by atoms with Crippen LogP contribution in [0.4, 0.5) is 5.69 Å². The molecule has 0 unspecified atom stereocenters. The van der Waals surface area contributed by atoms with Gasteiger partial charge in [0.2, 0.25) is 0 Å². The summed E-state index contributed by atoms with van der Waals surface area (Å²) in [7, 11) is 1.69. The number of carbonyl (C=O) groups is 1. The van der Waals surface area contributed by atoms with Crippen molar-refractivity contribution in [2.75, 3.05) is 51.3 Å². The molecule has 3 rings (SSSR count). The largest absolute Gasteiger partial charge is 0.497 e. The number of nitrogens with zero attached hydrogens (tertiary/aromatic N) is 2. The Labute approximate surface area is 161 Å². The molecule has 2 aromatic rings.